The number of carbonyl (C=O) groups excluding carboxylic acids is 2. The number of nitrogens with one attached hydrogen (secondary N) is 1. The largest absolute Gasteiger partial charge is 0.495 e. The Morgan fingerprint density at radius 3 is 2.31 bits per heavy atom. The van der Waals surface area contributed by atoms with Crippen LogP contribution in [-0.2, 0) is 26.2 Å². The maximum absolute atomic E-state index is 13.7. The van der Waals surface area contributed by atoms with E-state index in [1.54, 1.807) is 13.0 Å². The average Bonchev–Trinajstić information content (AvgIpc) is 2.81. The lowest BCUT2D eigenvalue weighted by atomic mass is 10.1. The number of sulfonamides is 1. The van der Waals surface area contributed by atoms with Gasteiger partial charge in [-0.1, -0.05) is 44.5 Å². The van der Waals surface area contributed by atoms with Crippen LogP contribution in [0.25, 0.3) is 0 Å². The normalized spacial score (nSPS) is 12.2. The van der Waals surface area contributed by atoms with Gasteiger partial charge in [0.25, 0.3) is 0 Å². The predicted octanol–water partition coefficient (Wildman–Crippen LogP) is 3.83. The number of rotatable bonds is 12. The third-order valence-corrected chi connectivity index (χ3v) is 6.79. The number of anilines is 1. The third-order valence-electron chi connectivity index (χ3n) is 5.43. The van der Waals surface area contributed by atoms with Crippen LogP contribution < -0.4 is 14.4 Å². The number of hydrogen-bond acceptors (Lipinski definition) is 5. The van der Waals surface area contributed by atoms with Crippen LogP contribution in [0.1, 0.15) is 32.8 Å². The molecule has 0 saturated carbocycles. The van der Waals surface area contributed by atoms with Gasteiger partial charge in [-0.25, -0.2) is 12.8 Å². The van der Waals surface area contributed by atoms with Crippen LogP contribution in [0.5, 0.6) is 5.75 Å². The zero-order valence-electron chi connectivity index (χ0n) is 21.1. The lowest BCUT2D eigenvalue weighted by molar-refractivity contribution is -0.140. The lowest BCUT2D eigenvalue weighted by Gasteiger charge is -2.33. The lowest BCUT2D eigenvalue weighted by Crippen LogP contribution is -2.52. The molecule has 0 aliphatic heterocycles. The Hall–Kier alpha value is -2.85. The number of amides is 2. The Balaban J connectivity index is 2.48. The molecule has 0 aliphatic rings. The molecule has 0 spiro atoms. The van der Waals surface area contributed by atoms with Crippen LogP contribution >= 0.6 is 11.6 Å². The molecule has 0 heterocycles. The molecule has 0 aliphatic carbocycles. The van der Waals surface area contributed by atoms with Crippen molar-refractivity contribution < 1.29 is 27.1 Å². The summed E-state index contributed by atoms with van der Waals surface area (Å²) in [4.78, 5) is 28.0. The van der Waals surface area contributed by atoms with Gasteiger partial charge in [-0.15, -0.1) is 0 Å². The zero-order chi connectivity index (χ0) is 27.0. The van der Waals surface area contributed by atoms with Crippen molar-refractivity contribution in [3.63, 3.8) is 0 Å². The molecule has 0 radical (unpaired) electrons. The summed E-state index contributed by atoms with van der Waals surface area (Å²) in [5, 5.41) is 3.10. The Morgan fingerprint density at radius 1 is 1.14 bits per heavy atom. The van der Waals surface area contributed by atoms with E-state index in [1.807, 2.05) is 13.8 Å². The first kappa shape index (κ1) is 29.4. The number of carbonyl (C=O) groups is 2. The van der Waals surface area contributed by atoms with Gasteiger partial charge in [0.15, 0.2) is 0 Å². The highest BCUT2D eigenvalue weighted by Crippen LogP contribution is 2.33. The van der Waals surface area contributed by atoms with E-state index in [1.165, 1.54) is 48.4 Å². The van der Waals surface area contributed by atoms with Crippen molar-refractivity contribution in [1.29, 1.82) is 0 Å². The summed E-state index contributed by atoms with van der Waals surface area (Å²) in [6.07, 6.45) is 1.26. The summed E-state index contributed by atoms with van der Waals surface area (Å²) >= 11 is 6.11. The van der Waals surface area contributed by atoms with Gasteiger partial charge in [0, 0.05) is 18.1 Å². The number of benzene rings is 2. The van der Waals surface area contributed by atoms with Crippen molar-refractivity contribution in [3.8, 4) is 5.75 Å². The van der Waals surface area contributed by atoms with Gasteiger partial charge in [-0.2, -0.15) is 0 Å². The second kappa shape index (κ2) is 12.9. The molecule has 198 valence electrons. The fourth-order valence-electron chi connectivity index (χ4n) is 3.58. The highest BCUT2D eigenvalue weighted by molar-refractivity contribution is 7.92. The summed E-state index contributed by atoms with van der Waals surface area (Å²) in [6, 6.07) is 9.12. The Kier molecular flexibility index (Phi) is 10.5. The van der Waals surface area contributed by atoms with E-state index in [9.17, 15) is 22.4 Å². The SMILES string of the molecule is CC[C@H](C(=O)NCC(C)C)N(Cc1ccc(F)cc1)C(=O)CN(c1cc(Cl)ccc1OC)S(C)(=O)=O. The molecule has 2 aromatic rings. The molecule has 0 aromatic heterocycles. The van der Waals surface area contributed by atoms with Crippen LogP contribution in [0.4, 0.5) is 10.1 Å². The molecule has 0 unspecified atom stereocenters. The van der Waals surface area contributed by atoms with Crippen LogP contribution in [0, 0.1) is 11.7 Å². The Labute approximate surface area is 217 Å². The molecular weight excluding hydrogens is 509 g/mol. The van der Waals surface area contributed by atoms with Crippen LogP contribution in [0.2, 0.25) is 5.02 Å². The van der Waals surface area contributed by atoms with E-state index in [0.29, 0.717) is 12.1 Å². The van der Waals surface area contributed by atoms with Crippen molar-refractivity contribution >= 4 is 39.1 Å². The molecule has 1 N–H and O–H groups in total. The van der Waals surface area contributed by atoms with Crippen molar-refractivity contribution in [1.82, 2.24) is 10.2 Å². The summed E-state index contributed by atoms with van der Waals surface area (Å²) < 4.78 is 45.2. The first-order chi connectivity index (χ1) is 16.9. The number of halogens is 2. The van der Waals surface area contributed by atoms with Crippen molar-refractivity contribution in [3.05, 3.63) is 58.9 Å². The highest BCUT2D eigenvalue weighted by atomic mass is 35.5. The molecule has 2 amide bonds. The minimum atomic E-state index is -3.95. The van der Waals surface area contributed by atoms with Crippen molar-refractivity contribution in [2.45, 2.75) is 39.8 Å². The molecule has 1 atom stereocenters. The van der Waals surface area contributed by atoms with Crippen LogP contribution in [-0.4, -0.2) is 57.6 Å². The van der Waals surface area contributed by atoms with Gasteiger partial charge >= 0.3 is 0 Å². The summed E-state index contributed by atoms with van der Waals surface area (Å²) in [5.41, 5.74) is 0.686. The minimum absolute atomic E-state index is 0.0169. The average molecular weight is 542 g/mol. The smallest absolute Gasteiger partial charge is 0.244 e. The van der Waals surface area contributed by atoms with Crippen molar-refractivity contribution in [2.24, 2.45) is 5.92 Å². The maximum atomic E-state index is 13.7. The van der Waals surface area contributed by atoms with Gasteiger partial charge < -0.3 is 15.0 Å². The fourth-order valence-corrected chi connectivity index (χ4v) is 4.59. The number of methoxy groups -OCH3 is 1. The molecule has 0 saturated heterocycles. The second-order valence-corrected chi connectivity index (χ2v) is 11.1. The van der Waals surface area contributed by atoms with Crippen molar-refractivity contribution in [2.75, 3.05) is 30.8 Å². The molecule has 0 fully saturated rings. The summed E-state index contributed by atoms with van der Waals surface area (Å²) in [6.45, 7) is 5.47. The quantitative estimate of drug-likeness (QED) is 0.440. The van der Waals surface area contributed by atoms with Crippen LogP contribution in [0.15, 0.2) is 42.5 Å². The molecule has 2 rings (SSSR count). The molecule has 8 nitrogen and oxygen atoms in total. The summed E-state index contributed by atoms with van der Waals surface area (Å²) in [7, 11) is -2.57. The fraction of sp³-hybridized carbons (Fsp3) is 0.440. The molecule has 2 aromatic carbocycles. The van der Waals surface area contributed by atoms with E-state index in [0.717, 1.165) is 10.6 Å². The van der Waals surface area contributed by atoms with E-state index in [-0.39, 0.29) is 41.3 Å². The van der Waals surface area contributed by atoms with Gasteiger partial charge in [-0.3, -0.25) is 13.9 Å². The van der Waals surface area contributed by atoms with Gasteiger partial charge in [0.05, 0.1) is 19.1 Å². The standard InChI is InChI=1S/C25H33ClFN3O5S/c1-6-21(25(32)28-14-17(2)3)29(15-18-7-10-20(27)11-8-18)24(31)16-30(36(5,33)34)22-13-19(26)9-12-23(22)35-4/h7-13,17,21H,6,14-16H2,1-5H3,(H,28,32)/t21-/m1/s1. The second-order valence-electron chi connectivity index (χ2n) is 8.80. The van der Waals surface area contributed by atoms with Gasteiger partial charge in [0.1, 0.15) is 24.2 Å². The van der Waals surface area contributed by atoms with E-state index in [4.69, 9.17) is 16.3 Å². The molecule has 0 bridgehead atoms. The first-order valence-corrected chi connectivity index (χ1v) is 13.7. The van der Waals surface area contributed by atoms with E-state index >= 15 is 0 Å². The number of hydrogen-bond donors (Lipinski definition) is 1. The third kappa shape index (κ3) is 8.09. The minimum Gasteiger partial charge on any atom is -0.495 e. The molecule has 11 heteroatoms. The Morgan fingerprint density at radius 2 is 1.78 bits per heavy atom. The summed E-state index contributed by atoms with van der Waals surface area (Å²) in [5.74, 6) is -0.992. The highest BCUT2D eigenvalue weighted by Gasteiger charge is 2.32. The number of nitrogens with zero attached hydrogens (tertiary/aromatic N) is 2. The zero-order valence-corrected chi connectivity index (χ0v) is 22.7. The number of ether oxygens (including phenoxy) is 1. The van der Waals surface area contributed by atoms with Crippen LogP contribution in [0.3, 0.4) is 0 Å². The maximum Gasteiger partial charge on any atom is 0.244 e. The van der Waals surface area contributed by atoms with E-state index in [2.05, 4.69) is 5.32 Å². The van der Waals surface area contributed by atoms with Gasteiger partial charge in [0.2, 0.25) is 21.8 Å². The van der Waals surface area contributed by atoms with Gasteiger partial charge in [-0.05, 0) is 48.2 Å². The molecular formula is C25H33ClFN3O5S. The van der Waals surface area contributed by atoms with E-state index < -0.39 is 34.3 Å². The Bertz CT molecular complexity index is 1160. The topological polar surface area (TPSA) is 96.0 Å². The molecule has 36 heavy (non-hydrogen) atoms. The predicted molar refractivity (Wildman–Crippen MR) is 139 cm³/mol. The monoisotopic (exact) mass is 541 g/mol. The first-order valence-electron chi connectivity index (χ1n) is 11.5.